The van der Waals surface area contributed by atoms with Crippen LogP contribution in [-0.2, 0) is 4.74 Å². The van der Waals surface area contributed by atoms with Gasteiger partial charge >= 0.3 is 0 Å². The maximum atomic E-state index is 6.51. The minimum absolute atomic E-state index is 0.211. The first-order valence-electron chi connectivity index (χ1n) is 15.7. The molecule has 0 aliphatic heterocycles. The highest BCUT2D eigenvalue weighted by Crippen LogP contribution is 2.38. The van der Waals surface area contributed by atoms with Crippen molar-refractivity contribution in [1.82, 2.24) is 0 Å². The van der Waals surface area contributed by atoms with Gasteiger partial charge in [-0.1, -0.05) is 108 Å². The second-order valence-electron chi connectivity index (χ2n) is 13.4. The van der Waals surface area contributed by atoms with Gasteiger partial charge in [-0.05, 0) is 124 Å². The Morgan fingerprint density at radius 3 is 1.80 bits per heavy atom. The fraction of sp³-hybridized carbons (Fsp3) is 0.538. The third-order valence-electron chi connectivity index (χ3n) is 8.99. The van der Waals surface area contributed by atoms with Crippen molar-refractivity contribution in [3.63, 3.8) is 0 Å². The fourth-order valence-corrected chi connectivity index (χ4v) is 5.82. The summed E-state index contributed by atoms with van der Waals surface area (Å²) < 4.78 is 6.51. The third kappa shape index (κ3) is 10.1. The van der Waals surface area contributed by atoms with Crippen LogP contribution < -0.4 is 0 Å². The van der Waals surface area contributed by atoms with E-state index in [2.05, 4.69) is 142 Å². The van der Waals surface area contributed by atoms with E-state index in [4.69, 9.17) is 4.74 Å². The highest BCUT2D eigenvalue weighted by Gasteiger charge is 2.32. The molecular weight excluding hydrogens is 484 g/mol. The Balaban J connectivity index is 2.12. The maximum absolute atomic E-state index is 6.51. The Bertz CT molecular complexity index is 1100. The normalized spacial score (nSPS) is 20.7. The lowest BCUT2D eigenvalue weighted by atomic mass is 9.73. The second kappa shape index (κ2) is 15.5. The summed E-state index contributed by atoms with van der Waals surface area (Å²) >= 11 is 0. The van der Waals surface area contributed by atoms with E-state index in [9.17, 15) is 0 Å². The molecule has 1 fully saturated rings. The zero-order valence-corrected chi connectivity index (χ0v) is 27.6. The van der Waals surface area contributed by atoms with E-state index < -0.39 is 0 Å². The Morgan fingerprint density at radius 1 is 0.775 bits per heavy atom. The van der Waals surface area contributed by atoms with Crippen molar-refractivity contribution in [3.8, 4) is 0 Å². The van der Waals surface area contributed by atoms with Gasteiger partial charge in [0, 0.05) is 0 Å². The molecule has 1 nitrogen and oxygen atoms in total. The van der Waals surface area contributed by atoms with Crippen molar-refractivity contribution < 1.29 is 4.74 Å². The van der Waals surface area contributed by atoms with Gasteiger partial charge in [0.1, 0.15) is 11.4 Å². The molecular formula is C39H58O. The molecule has 0 saturated heterocycles. The quantitative estimate of drug-likeness (QED) is 0.188. The lowest BCUT2D eigenvalue weighted by Gasteiger charge is -2.38. The third-order valence-corrected chi connectivity index (χ3v) is 8.99. The van der Waals surface area contributed by atoms with Crippen molar-refractivity contribution in [1.29, 1.82) is 0 Å². The summed E-state index contributed by atoms with van der Waals surface area (Å²) in [5.74, 6) is 3.12. The molecule has 0 bridgehead atoms. The van der Waals surface area contributed by atoms with Crippen LogP contribution in [0, 0.1) is 17.3 Å². The molecule has 2 rings (SSSR count). The van der Waals surface area contributed by atoms with Crippen LogP contribution in [0.1, 0.15) is 125 Å². The Kier molecular flexibility index (Phi) is 13.0. The minimum Gasteiger partial charge on any atom is -0.488 e. The van der Waals surface area contributed by atoms with Crippen LogP contribution in [0.4, 0.5) is 0 Å². The molecule has 0 atom stereocenters. The molecule has 40 heavy (non-hydrogen) atoms. The van der Waals surface area contributed by atoms with Crippen molar-refractivity contribution in [2.24, 2.45) is 17.3 Å². The minimum atomic E-state index is -0.245. The average Bonchev–Trinajstić information content (AvgIpc) is 2.91. The summed E-state index contributed by atoms with van der Waals surface area (Å²) in [5.41, 5.74) is 6.36. The number of hydrogen-bond acceptors (Lipinski definition) is 1. The van der Waals surface area contributed by atoms with E-state index in [1.807, 2.05) is 6.92 Å². The van der Waals surface area contributed by atoms with Crippen molar-refractivity contribution in [2.45, 2.75) is 120 Å². The molecule has 0 unspecified atom stereocenters. The number of rotatable bonds is 12. The highest BCUT2D eigenvalue weighted by atomic mass is 16.5. The summed E-state index contributed by atoms with van der Waals surface area (Å²) in [6, 6.07) is 9.31. The molecule has 0 heterocycles. The van der Waals surface area contributed by atoms with Crippen LogP contribution in [0.15, 0.2) is 89.8 Å². The summed E-state index contributed by atoms with van der Waals surface area (Å²) in [5, 5.41) is 0. The van der Waals surface area contributed by atoms with Gasteiger partial charge in [-0.3, -0.25) is 0 Å². The molecule has 0 aromatic heterocycles. The van der Waals surface area contributed by atoms with Gasteiger partial charge in [0.05, 0.1) is 0 Å². The zero-order chi connectivity index (χ0) is 29.9. The van der Waals surface area contributed by atoms with Crippen LogP contribution in [-0.4, -0.2) is 5.60 Å². The fourth-order valence-electron chi connectivity index (χ4n) is 5.82. The SMILES string of the molecule is C\C=C(/C=C\C(=C/C)C(\C=C/C(=C\C)c1ccc(C2CCC(C)CC2)cc1)=C\C)OC(C)(C)CC(C)(C)C(C)C. The second-order valence-corrected chi connectivity index (χ2v) is 13.4. The van der Waals surface area contributed by atoms with E-state index >= 15 is 0 Å². The predicted octanol–water partition coefficient (Wildman–Crippen LogP) is 12.2. The molecule has 0 radical (unpaired) electrons. The van der Waals surface area contributed by atoms with Gasteiger partial charge < -0.3 is 4.74 Å². The first-order valence-corrected chi connectivity index (χ1v) is 15.7. The van der Waals surface area contributed by atoms with E-state index in [-0.39, 0.29) is 11.0 Å². The van der Waals surface area contributed by atoms with Crippen molar-refractivity contribution in [3.05, 3.63) is 101 Å². The topological polar surface area (TPSA) is 9.23 Å². The Hall–Kier alpha value is -2.54. The van der Waals surface area contributed by atoms with Gasteiger partial charge in [0.15, 0.2) is 0 Å². The predicted molar refractivity (Wildman–Crippen MR) is 178 cm³/mol. The van der Waals surface area contributed by atoms with Gasteiger partial charge in [-0.15, -0.1) is 0 Å². The van der Waals surface area contributed by atoms with Crippen molar-refractivity contribution >= 4 is 5.57 Å². The highest BCUT2D eigenvalue weighted by molar-refractivity contribution is 5.75. The van der Waals surface area contributed by atoms with Gasteiger partial charge in [-0.2, -0.15) is 0 Å². The monoisotopic (exact) mass is 542 g/mol. The first-order chi connectivity index (χ1) is 18.9. The van der Waals surface area contributed by atoms with E-state index in [1.165, 1.54) is 53.5 Å². The van der Waals surface area contributed by atoms with Gasteiger partial charge in [0.2, 0.25) is 0 Å². The Morgan fingerprint density at radius 2 is 1.32 bits per heavy atom. The lowest BCUT2D eigenvalue weighted by molar-refractivity contribution is -0.00849. The summed E-state index contributed by atoms with van der Waals surface area (Å²) in [6.07, 6.45) is 23.8. The molecule has 0 N–H and O–H groups in total. The Labute approximate surface area is 247 Å². The summed E-state index contributed by atoms with van der Waals surface area (Å²) in [6.45, 7) is 24.4. The van der Waals surface area contributed by atoms with Crippen LogP contribution in [0.3, 0.4) is 0 Å². The van der Waals surface area contributed by atoms with Crippen LogP contribution in [0.25, 0.3) is 5.57 Å². The standard InChI is InChI=1S/C39H58O/c1-12-31(32(13-2)26-27-37(15-4)40-39(10,11)28-38(8,9)29(5)6)20-21-33(14-3)34-22-24-36(25-23-34)35-18-16-30(7)17-19-35/h12-15,20-27,29-30,35H,16-19,28H2,1-11H3/b21-20-,27-26-,31-12+,32-13+,33-14+,37-15+. The maximum Gasteiger partial charge on any atom is 0.115 e. The number of hydrogen-bond donors (Lipinski definition) is 0. The smallest absolute Gasteiger partial charge is 0.115 e. The van der Waals surface area contributed by atoms with Crippen molar-refractivity contribution in [2.75, 3.05) is 0 Å². The van der Waals surface area contributed by atoms with Crippen LogP contribution in [0.5, 0.6) is 0 Å². The largest absolute Gasteiger partial charge is 0.488 e. The van der Waals surface area contributed by atoms with Gasteiger partial charge in [-0.25, -0.2) is 0 Å². The molecule has 1 saturated carbocycles. The molecule has 220 valence electrons. The van der Waals surface area contributed by atoms with E-state index in [0.717, 1.165) is 24.0 Å². The zero-order valence-electron chi connectivity index (χ0n) is 27.6. The molecule has 0 spiro atoms. The van der Waals surface area contributed by atoms with Crippen LogP contribution >= 0.6 is 0 Å². The first kappa shape index (κ1) is 33.7. The number of allylic oxidation sites excluding steroid dienone is 11. The summed E-state index contributed by atoms with van der Waals surface area (Å²) in [7, 11) is 0. The molecule has 1 heteroatoms. The number of ether oxygens (including phenoxy) is 1. The number of benzene rings is 1. The van der Waals surface area contributed by atoms with Gasteiger partial charge in [0.25, 0.3) is 0 Å². The van der Waals surface area contributed by atoms with E-state index in [1.54, 1.807) is 0 Å². The molecule has 1 aromatic carbocycles. The van der Waals surface area contributed by atoms with Crippen LogP contribution in [0.2, 0.25) is 0 Å². The molecule has 1 aromatic rings. The molecule has 1 aliphatic rings. The lowest BCUT2D eigenvalue weighted by Crippen LogP contribution is -2.34. The van der Waals surface area contributed by atoms with E-state index in [0.29, 0.717) is 5.92 Å². The summed E-state index contributed by atoms with van der Waals surface area (Å²) in [4.78, 5) is 0. The molecule has 1 aliphatic carbocycles. The molecule has 0 amide bonds. The average molecular weight is 543 g/mol.